The van der Waals surface area contributed by atoms with Crippen LogP contribution in [0.5, 0.6) is 0 Å². The molecule has 0 saturated carbocycles. The molecule has 0 radical (unpaired) electrons. The first-order valence-corrected chi connectivity index (χ1v) is 8.81. The number of amides is 1. The quantitative estimate of drug-likeness (QED) is 0.840. The van der Waals surface area contributed by atoms with Gasteiger partial charge in [-0.2, -0.15) is 0 Å². The van der Waals surface area contributed by atoms with E-state index in [1.54, 1.807) is 0 Å². The SMILES string of the molecule is COC(=O)[C@H]1Cc2ccccc2CN1CC(=O)N[C@H](C)c1ccccc1. The van der Waals surface area contributed by atoms with Crippen LogP contribution in [0.15, 0.2) is 54.6 Å². The van der Waals surface area contributed by atoms with Gasteiger partial charge in [-0.15, -0.1) is 0 Å². The Morgan fingerprint density at radius 3 is 2.46 bits per heavy atom. The summed E-state index contributed by atoms with van der Waals surface area (Å²) in [6.45, 7) is 2.67. The molecule has 1 N–H and O–H groups in total. The minimum Gasteiger partial charge on any atom is -0.468 e. The number of nitrogens with one attached hydrogen (secondary N) is 1. The molecule has 1 aliphatic heterocycles. The van der Waals surface area contributed by atoms with Crippen LogP contribution in [-0.2, 0) is 27.3 Å². The molecule has 2 atom stereocenters. The van der Waals surface area contributed by atoms with Gasteiger partial charge in [-0.3, -0.25) is 14.5 Å². The van der Waals surface area contributed by atoms with Gasteiger partial charge < -0.3 is 10.1 Å². The fourth-order valence-corrected chi connectivity index (χ4v) is 3.41. The Morgan fingerprint density at radius 2 is 1.77 bits per heavy atom. The number of esters is 1. The number of hydrogen-bond acceptors (Lipinski definition) is 4. The van der Waals surface area contributed by atoms with E-state index in [0.717, 1.165) is 16.7 Å². The van der Waals surface area contributed by atoms with E-state index in [9.17, 15) is 9.59 Å². The maximum absolute atomic E-state index is 12.6. The zero-order chi connectivity index (χ0) is 18.5. The molecule has 0 unspecified atom stereocenters. The second kappa shape index (κ2) is 8.15. The fourth-order valence-electron chi connectivity index (χ4n) is 3.41. The minimum absolute atomic E-state index is 0.0858. The maximum atomic E-state index is 12.6. The largest absolute Gasteiger partial charge is 0.468 e. The van der Waals surface area contributed by atoms with E-state index in [4.69, 9.17) is 4.74 Å². The Bertz CT molecular complexity index is 776. The van der Waals surface area contributed by atoms with Gasteiger partial charge in [0.05, 0.1) is 19.7 Å². The van der Waals surface area contributed by atoms with Gasteiger partial charge in [0.25, 0.3) is 0 Å². The molecule has 1 aliphatic rings. The van der Waals surface area contributed by atoms with Crippen molar-refractivity contribution in [3.8, 4) is 0 Å². The third kappa shape index (κ3) is 4.11. The Morgan fingerprint density at radius 1 is 1.12 bits per heavy atom. The molecule has 0 fully saturated rings. The second-order valence-electron chi connectivity index (χ2n) is 6.62. The van der Waals surface area contributed by atoms with Crippen LogP contribution >= 0.6 is 0 Å². The van der Waals surface area contributed by atoms with Gasteiger partial charge in [-0.25, -0.2) is 0 Å². The Labute approximate surface area is 154 Å². The summed E-state index contributed by atoms with van der Waals surface area (Å²) in [6, 6.07) is 17.3. The lowest BCUT2D eigenvalue weighted by molar-refractivity contribution is -0.148. The molecule has 1 amide bonds. The van der Waals surface area contributed by atoms with Gasteiger partial charge in [0.2, 0.25) is 5.91 Å². The average molecular weight is 352 g/mol. The van der Waals surface area contributed by atoms with Crippen LogP contribution in [0.3, 0.4) is 0 Å². The van der Waals surface area contributed by atoms with E-state index < -0.39 is 6.04 Å². The topological polar surface area (TPSA) is 58.6 Å². The molecule has 5 nitrogen and oxygen atoms in total. The van der Waals surface area contributed by atoms with Crippen molar-refractivity contribution in [1.29, 1.82) is 0 Å². The van der Waals surface area contributed by atoms with E-state index in [1.807, 2.05) is 66.4 Å². The van der Waals surface area contributed by atoms with Crippen molar-refractivity contribution in [2.45, 2.75) is 32.0 Å². The predicted octanol–water partition coefficient (Wildman–Crippen LogP) is 2.46. The molecule has 0 saturated heterocycles. The first kappa shape index (κ1) is 18.1. The van der Waals surface area contributed by atoms with Crippen molar-refractivity contribution >= 4 is 11.9 Å². The maximum Gasteiger partial charge on any atom is 0.323 e. The summed E-state index contributed by atoms with van der Waals surface area (Å²) < 4.78 is 4.95. The molecule has 136 valence electrons. The highest BCUT2D eigenvalue weighted by molar-refractivity contribution is 5.81. The van der Waals surface area contributed by atoms with E-state index in [-0.39, 0.29) is 24.5 Å². The molecule has 0 spiro atoms. The first-order chi connectivity index (χ1) is 12.6. The van der Waals surface area contributed by atoms with Crippen LogP contribution in [0.25, 0.3) is 0 Å². The van der Waals surface area contributed by atoms with Gasteiger partial charge >= 0.3 is 5.97 Å². The Hall–Kier alpha value is -2.66. The number of fused-ring (bicyclic) bond motifs is 1. The van der Waals surface area contributed by atoms with Crippen molar-refractivity contribution in [2.75, 3.05) is 13.7 Å². The van der Waals surface area contributed by atoms with E-state index in [0.29, 0.717) is 13.0 Å². The summed E-state index contributed by atoms with van der Waals surface area (Å²) in [7, 11) is 1.39. The van der Waals surface area contributed by atoms with E-state index in [2.05, 4.69) is 5.32 Å². The molecule has 2 aromatic carbocycles. The van der Waals surface area contributed by atoms with Crippen molar-refractivity contribution < 1.29 is 14.3 Å². The molecule has 0 aliphatic carbocycles. The number of rotatable bonds is 5. The Balaban J connectivity index is 1.70. The normalized spacial score (nSPS) is 17.8. The minimum atomic E-state index is -0.437. The van der Waals surface area contributed by atoms with Gasteiger partial charge in [0.1, 0.15) is 6.04 Å². The van der Waals surface area contributed by atoms with Gasteiger partial charge in [0, 0.05) is 6.54 Å². The molecular weight excluding hydrogens is 328 g/mol. The molecule has 1 heterocycles. The monoisotopic (exact) mass is 352 g/mol. The van der Waals surface area contributed by atoms with Crippen molar-refractivity contribution in [3.63, 3.8) is 0 Å². The van der Waals surface area contributed by atoms with Crippen LogP contribution in [-0.4, -0.2) is 36.5 Å². The lowest BCUT2D eigenvalue weighted by atomic mass is 9.94. The molecule has 3 rings (SSSR count). The summed E-state index contributed by atoms with van der Waals surface area (Å²) in [5, 5.41) is 3.01. The highest BCUT2D eigenvalue weighted by Gasteiger charge is 2.33. The predicted molar refractivity (Wildman–Crippen MR) is 99.4 cm³/mol. The zero-order valence-corrected chi connectivity index (χ0v) is 15.1. The van der Waals surface area contributed by atoms with Gasteiger partial charge in [-0.1, -0.05) is 54.6 Å². The standard InChI is InChI=1S/C21H24N2O3/c1-15(16-8-4-3-5-9-16)22-20(24)14-23-13-18-11-7-6-10-17(18)12-19(23)21(25)26-2/h3-11,15,19H,12-14H2,1-2H3,(H,22,24)/t15-,19-/m1/s1. The van der Waals surface area contributed by atoms with Gasteiger partial charge in [0.15, 0.2) is 0 Å². The second-order valence-corrected chi connectivity index (χ2v) is 6.62. The highest BCUT2D eigenvalue weighted by atomic mass is 16.5. The Kier molecular flexibility index (Phi) is 5.68. The molecule has 0 bridgehead atoms. The summed E-state index contributed by atoms with van der Waals surface area (Å²) in [5.41, 5.74) is 3.34. The number of carbonyl (C=O) groups excluding carboxylic acids is 2. The number of ether oxygens (including phenoxy) is 1. The highest BCUT2D eigenvalue weighted by Crippen LogP contribution is 2.24. The zero-order valence-electron chi connectivity index (χ0n) is 15.1. The third-order valence-corrected chi connectivity index (χ3v) is 4.84. The number of benzene rings is 2. The van der Waals surface area contributed by atoms with Crippen LogP contribution in [0.2, 0.25) is 0 Å². The van der Waals surface area contributed by atoms with Crippen molar-refractivity contribution in [2.24, 2.45) is 0 Å². The lowest BCUT2D eigenvalue weighted by Crippen LogP contribution is -2.50. The number of carbonyl (C=O) groups is 2. The smallest absolute Gasteiger partial charge is 0.323 e. The van der Waals surface area contributed by atoms with Crippen LogP contribution in [0, 0.1) is 0 Å². The molecule has 2 aromatic rings. The number of methoxy groups -OCH3 is 1. The van der Waals surface area contributed by atoms with Crippen LogP contribution < -0.4 is 5.32 Å². The molecule has 26 heavy (non-hydrogen) atoms. The van der Waals surface area contributed by atoms with Crippen molar-refractivity contribution in [1.82, 2.24) is 10.2 Å². The number of nitrogens with zero attached hydrogens (tertiary/aromatic N) is 1. The summed E-state index contributed by atoms with van der Waals surface area (Å²) in [6.07, 6.45) is 0.560. The summed E-state index contributed by atoms with van der Waals surface area (Å²) in [5.74, 6) is -0.405. The summed E-state index contributed by atoms with van der Waals surface area (Å²) >= 11 is 0. The first-order valence-electron chi connectivity index (χ1n) is 8.81. The molecular formula is C21H24N2O3. The fraction of sp³-hybridized carbons (Fsp3) is 0.333. The van der Waals surface area contributed by atoms with Crippen LogP contribution in [0.1, 0.15) is 29.7 Å². The summed E-state index contributed by atoms with van der Waals surface area (Å²) in [4.78, 5) is 26.7. The van der Waals surface area contributed by atoms with E-state index >= 15 is 0 Å². The molecule has 5 heteroatoms. The van der Waals surface area contributed by atoms with E-state index in [1.165, 1.54) is 7.11 Å². The number of hydrogen-bond donors (Lipinski definition) is 1. The van der Waals surface area contributed by atoms with Crippen molar-refractivity contribution in [3.05, 3.63) is 71.3 Å². The lowest BCUT2D eigenvalue weighted by Gasteiger charge is -2.34. The van der Waals surface area contributed by atoms with Crippen LogP contribution in [0.4, 0.5) is 0 Å². The molecule has 0 aromatic heterocycles. The van der Waals surface area contributed by atoms with Gasteiger partial charge in [-0.05, 0) is 30.0 Å². The average Bonchev–Trinajstić information content (AvgIpc) is 2.67. The third-order valence-electron chi connectivity index (χ3n) is 4.84.